The van der Waals surface area contributed by atoms with Gasteiger partial charge in [0.05, 0.1) is 0 Å². The smallest absolute Gasteiger partial charge is 0.276 e. The summed E-state index contributed by atoms with van der Waals surface area (Å²) in [5.41, 5.74) is 2.18. The van der Waals surface area contributed by atoms with Gasteiger partial charge < -0.3 is 9.32 Å². The number of aromatic nitrogens is 4. The predicted octanol–water partition coefficient (Wildman–Crippen LogP) is 4.74. The summed E-state index contributed by atoms with van der Waals surface area (Å²) in [5.74, 6) is 1.57. The Bertz CT molecular complexity index is 781. The van der Waals surface area contributed by atoms with Gasteiger partial charge in [0.15, 0.2) is 0 Å². The van der Waals surface area contributed by atoms with E-state index in [2.05, 4.69) is 46.2 Å². The zero-order chi connectivity index (χ0) is 18.9. The molecule has 7 heteroatoms. The lowest BCUT2D eigenvalue weighted by atomic mass is 10.2. The number of hydrogen-bond donors (Lipinski definition) is 0. The van der Waals surface area contributed by atoms with Gasteiger partial charge in [-0.05, 0) is 57.0 Å². The summed E-state index contributed by atoms with van der Waals surface area (Å²) in [5, 5.41) is 13.2. The van der Waals surface area contributed by atoms with Crippen molar-refractivity contribution in [3.05, 3.63) is 42.7 Å². The predicted molar refractivity (Wildman–Crippen MR) is 110 cm³/mol. The van der Waals surface area contributed by atoms with E-state index in [9.17, 15) is 0 Å². The fourth-order valence-corrected chi connectivity index (χ4v) is 3.69. The SMILES string of the molecule is CCN(CC)c1ccc(-c2nnc(SCCCCCn3cccn3)o2)cc1. The number of rotatable bonds is 11. The normalized spacial score (nSPS) is 11.0. The summed E-state index contributed by atoms with van der Waals surface area (Å²) in [4.78, 5) is 2.31. The molecule has 2 aromatic heterocycles. The summed E-state index contributed by atoms with van der Waals surface area (Å²) < 4.78 is 7.78. The fourth-order valence-electron chi connectivity index (χ4n) is 2.93. The highest BCUT2D eigenvalue weighted by Gasteiger charge is 2.10. The zero-order valence-corrected chi connectivity index (χ0v) is 16.9. The first-order valence-corrected chi connectivity index (χ1v) is 10.6. The second-order valence-electron chi connectivity index (χ2n) is 6.27. The van der Waals surface area contributed by atoms with Crippen molar-refractivity contribution in [2.24, 2.45) is 0 Å². The molecule has 0 saturated carbocycles. The van der Waals surface area contributed by atoms with Crippen molar-refractivity contribution in [3.8, 4) is 11.5 Å². The summed E-state index contributed by atoms with van der Waals surface area (Å²) in [7, 11) is 0. The number of nitrogens with zero attached hydrogens (tertiary/aromatic N) is 5. The first kappa shape index (κ1) is 19.5. The third kappa shape index (κ3) is 5.60. The minimum absolute atomic E-state index is 0.585. The first-order chi connectivity index (χ1) is 13.3. The fraction of sp³-hybridized carbons (Fsp3) is 0.450. The van der Waals surface area contributed by atoms with Crippen molar-refractivity contribution in [2.45, 2.75) is 44.9 Å². The standard InChI is InChI=1S/C20H27N5OS/c1-3-24(4-2)18-11-9-17(10-12-18)19-22-23-20(26-19)27-16-7-5-6-14-25-15-8-13-21-25/h8-13,15H,3-7,14,16H2,1-2H3. The molecule has 0 N–H and O–H groups in total. The average Bonchev–Trinajstić information content (AvgIpc) is 3.38. The molecule has 2 heterocycles. The second-order valence-corrected chi connectivity index (χ2v) is 7.32. The Kier molecular flexibility index (Phi) is 7.33. The minimum atomic E-state index is 0.585. The lowest BCUT2D eigenvalue weighted by molar-refractivity contribution is 0.465. The van der Waals surface area contributed by atoms with E-state index < -0.39 is 0 Å². The molecule has 0 bridgehead atoms. The second kappa shape index (κ2) is 10.2. The van der Waals surface area contributed by atoms with Crippen LogP contribution >= 0.6 is 11.8 Å². The van der Waals surface area contributed by atoms with Crippen LogP contribution in [0.1, 0.15) is 33.1 Å². The Morgan fingerprint density at radius 2 is 1.85 bits per heavy atom. The number of unbranched alkanes of at least 4 members (excludes halogenated alkanes) is 2. The van der Waals surface area contributed by atoms with Gasteiger partial charge >= 0.3 is 0 Å². The van der Waals surface area contributed by atoms with Crippen LogP contribution in [-0.4, -0.2) is 38.8 Å². The van der Waals surface area contributed by atoms with Crippen LogP contribution in [0.5, 0.6) is 0 Å². The van der Waals surface area contributed by atoms with Gasteiger partial charge in [-0.25, -0.2) is 0 Å². The lowest BCUT2D eigenvalue weighted by Gasteiger charge is -2.20. The lowest BCUT2D eigenvalue weighted by Crippen LogP contribution is -2.21. The Labute approximate surface area is 165 Å². The topological polar surface area (TPSA) is 60.0 Å². The number of benzene rings is 1. The largest absolute Gasteiger partial charge is 0.411 e. The maximum absolute atomic E-state index is 5.80. The molecule has 0 amide bonds. The first-order valence-electron chi connectivity index (χ1n) is 9.59. The molecule has 0 aliphatic rings. The van der Waals surface area contributed by atoms with Crippen molar-refractivity contribution in [1.82, 2.24) is 20.0 Å². The zero-order valence-electron chi connectivity index (χ0n) is 16.0. The molecule has 144 valence electrons. The maximum Gasteiger partial charge on any atom is 0.276 e. The van der Waals surface area contributed by atoms with E-state index >= 15 is 0 Å². The van der Waals surface area contributed by atoms with Crippen molar-refractivity contribution in [1.29, 1.82) is 0 Å². The van der Waals surface area contributed by atoms with E-state index in [4.69, 9.17) is 4.42 Å². The third-order valence-corrected chi connectivity index (χ3v) is 5.37. The van der Waals surface area contributed by atoms with Crippen molar-refractivity contribution < 1.29 is 4.42 Å². The Balaban J connectivity index is 1.42. The van der Waals surface area contributed by atoms with Crippen LogP contribution in [0.25, 0.3) is 11.5 Å². The van der Waals surface area contributed by atoms with Gasteiger partial charge in [0.2, 0.25) is 5.89 Å². The van der Waals surface area contributed by atoms with Gasteiger partial charge in [-0.2, -0.15) is 5.10 Å². The molecule has 0 aliphatic heterocycles. The Morgan fingerprint density at radius 3 is 2.56 bits per heavy atom. The molecule has 3 aromatic rings. The Hall–Kier alpha value is -2.28. The Morgan fingerprint density at radius 1 is 1.04 bits per heavy atom. The van der Waals surface area contributed by atoms with Crippen LogP contribution in [0.3, 0.4) is 0 Å². The number of anilines is 1. The highest BCUT2D eigenvalue weighted by molar-refractivity contribution is 7.99. The van der Waals surface area contributed by atoms with E-state index in [0.717, 1.165) is 43.8 Å². The molecule has 0 radical (unpaired) electrons. The van der Waals surface area contributed by atoms with E-state index in [1.807, 2.05) is 35.3 Å². The van der Waals surface area contributed by atoms with Gasteiger partial charge in [0.25, 0.3) is 5.22 Å². The molecule has 3 rings (SSSR count). The molecular formula is C20H27N5OS. The molecule has 0 spiro atoms. The van der Waals surface area contributed by atoms with Gasteiger partial charge in [-0.3, -0.25) is 4.68 Å². The van der Waals surface area contributed by atoms with Gasteiger partial charge in [-0.1, -0.05) is 18.2 Å². The number of hydrogen-bond acceptors (Lipinski definition) is 6. The van der Waals surface area contributed by atoms with Crippen LogP contribution < -0.4 is 4.90 Å². The maximum atomic E-state index is 5.80. The van der Waals surface area contributed by atoms with Crippen LogP contribution in [0.15, 0.2) is 52.4 Å². The number of thioether (sulfide) groups is 1. The van der Waals surface area contributed by atoms with Crippen LogP contribution in [0.4, 0.5) is 5.69 Å². The molecule has 0 fully saturated rings. The minimum Gasteiger partial charge on any atom is -0.411 e. The van der Waals surface area contributed by atoms with Gasteiger partial charge in [-0.15, -0.1) is 10.2 Å². The molecule has 27 heavy (non-hydrogen) atoms. The summed E-state index contributed by atoms with van der Waals surface area (Å²) in [6.07, 6.45) is 7.25. The summed E-state index contributed by atoms with van der Waals surface area (Å²) >= 11 is 1.63. The van der Waals surface area contributed by atoms with Crippen molar-refractivity contribution in [2.75, 3.05) is 23.7 Å². The highest BCUT2D eigenvalue weighted by Crippen LogP contribution is 2.26. The number of aryl methyl sites for hydroxylation is 1. The average molecular weight is 386 g/mol. The molecule has 0 unspecified atom stereocenters. The molecule has 0 atom stereocenters. The highest BCUT2D eigenvalue weighted by atomic mass is 32.2. The van der Waals surface area contributed by atoms with Crippen molar-refractivity contribution in [3.63, 3.8) is 0 Å². The third-order valence-electron chi connectivity index (χ3n) is 4.47. The van der Waals surface area contributed by atoms with Crippen molar-refractivity contribution >= 4 is 17.4 Å². The van der Waals surface area contributed by atoms with Gasteiger partial charge in [0.1, 0.15) is 0 Å². The molecule has 6 nitrogen and oxygen atoms in total. The van der Waals surface area contributed by atoms with Crippen LogP contribution in [-0.2, 0) is 6.54 Å². The molecule has 1 aromatic carbocycles. The monoisotopic (exact) mass is 385 g/mol. The molecule has 0 saturated heterocycles. The molecule has 0 aliphatic carbocycles. The summed E-state index contributed by atoms with van der Waals surface area (Å²) in [6, 6.07) is 10.3. The molecular weight excluding hydrogens is 358 g/mol. The summed E-state index contributed by atoms with van der Waals surface area (Å²) in [6.45, 7) is 7.30. The van der Waals surface area contributed by atoms with E-state index in [-0.39, 0.29) is 0 Å². The van der Waals surface area contributed by atoms with Crippen LogP contribution in [0, 0.1) is 0 Å². The quantitative estimate of drug-likeness (QED) is 0.351. The van der Waals surface area contributed by atoms with E-state index in [1.165, 1.54) is 12.1 Å². The van der Waals surface area contributed by atoms with Gasteiger partial charge in [0, 0.05) is 49.0 Å². The van der Waals surface area contributed by atoms with Crippen LogP contribution in [0.2, 0.25) is 0 Å². The van der Waals surface area contributed by atoms with E-state index in [1.54, 1.807) is 11.8 Å². The van der Waals surface area contributed by atoms with E-state index in [0.29, 0.717) is 11.1 Å².